The molecule has 0 spiro atoms. The van der Waals surface area contributed by atoms with Gasteiger partial charge in [-0.25, -0.2) is 9.18 Å². The summed E-state index contributed by atoms with van der Waals surface area (Å²) in [6, 6.07) is 5.96. The topological polar surface area (TPSA) is 94.8 Å². The lowest BCUT2D eigenvalue weighted by Gasteiger charge is -2.33. The molecule has 210 valence electrons. The number of hydrogen-bond donors (Lipinski definition) is 0. The van der Waals surface area contributed by atoms with E-state index in [1.807, 2.05) is 51.8 Å². The molecule has 5 rings (SSSR count). The number of halogens is 2. The molecule has 9 nitrogen and oxygen atoms in total. The number of hydrogen-bond acceptors (Lipinski definition) is 8. The van der Waals surface area contributed by atoms with Crippen LogP contribution in [-0.4, -0.2) is 88.5 Å². The summed E-state index contributed by atoms with van der Waals surface area (Å²) in [5.41, 5.74) is -0.0293. The molecule has 3 saturated heterocycles. The summed E-state index contributed by atoms with van der Waals surface area (Å²) in [7, 11) is 1.95. The van der Waals surface area contributed by atoms with Gasteiger partial charge in [-0.1, -0.05) is 0 Å². The van der Waals surface area contributed by atoms with Crippen molar-refractivity contribution in [3.05, 3.63) is 22.2 Å². The largest absolute Gasteiger partial charge is 0.461 e. The number of carbonyl (C=O) groups excluding carboxylic acids is 1. The molecule has 0 N–H and O–H groups in total. The highest BCUT2D eigenvalue weighted by Gasteiger charge is 2.49. The molecule has 3 aliphatic rings. The Morgan fingerprint density at radius 3 is 2.82 bits per heavy atom. The third-order valence-electron chi connectivity index (χ3n) is 8.29. The molecule has 0 saturated carbocycles. The fourth-order valence-corrected chi connectivity index (χ4v) is 6.81. The van der Waals surface area contributed by atoms with E-state index in [4.69, 9.17) is 14.5 Å². The van der Waals surface area contributed by atoms with E-state index in [0.717, 1.165) is 31.2 Å². The maximum Gasteiger partial charge on any atom is 0.410 e. The molecule has 11 heteroatoms. The second-order valence-electron chi connectivity index (χ2n) is 12.0. The van der Waals surface area contributed by atoms with Crippen LogP contribution in [0.3, 0.4) is 0 Å². The number of nitriles is 1. The second-order valence-corrected chi connectivity index (χ2v) is 12.9. The number of likely N-dealkylation sites (tertiary alicyclic amines) is 1. The zero-order valence-electron chi connectivity index (χ0n) is 23.2. The molecule has 4 heterocycles. The average Bonchev–Trinajstić information content (AvgIpc) is 3.52. The molecule has 0 radical (unpaired) electrons. The average molecular weight is 604 g/mol. The number of nitrogens with zero attached hydrogens (tertiary/aromatic N) is 6. The fraction of sp³-hybridized carbons (Fsp3) is 0.643. The lowest BCUT2D eigenvalue weighted by Crippen LogP contribution is -2.45. The Morgan fingerprint density at radius 2 is 2.10 bits per heavy atom. The zero-order chi connectivity index (χ0) is 28.1. The molecule has 2 unspecified atom stereocenters. The number of rotatable bonds is 5. The first-order valence-corrected chi connectivity index (χ1v) is 14.4. The molecule has 0 bridgehead atoms. The third kappa shape index (κ3) is 5.25. The maximum atomic E-state index is 14.3. The van der Waals surface area contributed by atoms with E-state index in [9.17, 15) is 14.4 Å². The minimum absolute atomic E-state index is 0.0382. The van der Waals surface area contributed by atoms with Crippen LogP contribution in [0.5, 0.6) is 6.01 Å². The molecule has 39 heavy (non-hydrogen) atoms. The SMILES string of the molecule is CC1C(N(C)c2nc(OC[C@@]34CCCN3C[C@H](F)C4)nc3c(C#N)c(Br)ccc23)CCN1C(=O)OC(C)(C)C. The summed E-state index contributed by atoms with van der Waals surface area (Å²) in [5, 5.41) is 10.7. The number of benzene rings is 1. The van der Waals surface area contributed by atoms with E-state index >= 15 is 0 Å². The Hall–Kier alpha value is -2.71. The first-order valence-electron chi connectivity index (χ1n) is 13.6. The van der Waals surface area contributed by atoms with Crippen LogP contribution >= 0.6 is 15.9 Å². The van der Waals surface area contributed by atoms with Crippen LogP contribution < -0.4 is 9.64 Å². The lowest BCUT2D eigenvalue weighted by molar-refractivity contribution is 0.0233. The van der Waals surface area contributed by atoms with E-state index in [-0.39, 0.29) is 29.7 Å². The standard InChI is InChI=1S/C28H36BrFN6O3/c1-17-22(9-12-36(17)26(37)39-27(2,3)4)34(5)24-19-7-8-21(29)20(14-31)23(19)32-25(33-24)38-16-28-10-6-11-35(28)15-18(30)13-28/h7-8,17-18,22H,6,9-13,15-16H2,1-5H3/t17?,18-,22?,28+/m1/s1. The highest BCUT2D eigenvalue weighted by Crippen LogP contribution is 2.41. The Labute approximate surface area is 237 Å². The molecule has 1 aromatic heterocycles. The van der Waals surface area contributed by atoms with Crippen LogP contribution in [0.2, 0.25) is 0 Å². The van der Waals surface area contributed by atoms with E-state index in [2.05, 4.69) is 31.9 Å². The van der Waals surface area contributed by atoms with Crippen molar-refractivity contribution in [2.45, 2.75) is 82.8 Å². The summed E-state index contributed by atoms with van der Waals surface area (Å²) in [4.78, 5) is 28.3. The first-order chi connectivity index (χ1) is 18.4. The number of anilines is 1. The van der Waals surface area contributed by atoms with Gasteiger partial charge in [0.25, 0.3) is 0 Å². The van der Waals surface area contributed by atoms with Crippen molar-refractivity contribution in [1.29, 1.82) is 5.26 Å². The zero-order valence-corrected chi connectivity index (χ0v) is 24.8. The molecule has 1 amide bonds. The van der Waals surface area contributed by atoms with Gasteiger partial charge in [0, 0.05) is 36.4 Å². The summed E-state index contributed by atoms with van der Waals surface area (Å²) in [6.07, 6.45) is 1.89. The van der Waals surface area contributed by atoms with Gasteiger partial charge in [0.05, 0.1) is 28.7 Å². The van der Waals surface area contributed by atoms with Crippen molar-refractivity contribution in [3.8, 4) is 12.1 Å². The van der Waals surface area contributed by atoms with E-state index in [1.54, 1.807) is 4.90 Å². The Balaban J connectivity index is 1.47. The number of aromatic nitrogens is 2. The number of carbonyl (C=O) groups is 1. The van der Waals surface area contributed by atoms with Gasteiger partial charge in [-0.3, -0.25) is 4.90 Å². The molecule has 1 aromatic carbocycles. The second kappa shape index (κ2) is 10.4. The molecule has 4 atom stereocenters. The van der Waals surface area contributed by atoms with Gasteiger partial charge in [-0.05, 0) is 81.6 Å². The lowest BCUT2D eigenvalue weighted by atomic mass is 9.95. The monoisotopic (exact) mass is 602 g/mol. The predicted molar refractivity (Wildman–Crippen MR) is 150 cm³/mol. The van der Waals surface area contributed by atoms with Crippen molar-refractivity contribution >= 4 is 38.7 Å². The maximum absolute atomic E-state index is 14.3. The molecular weight excluding hydrogens is 567 g/mol. The Bertz CT molecular complexity index is 1310. The molecule has 3 aliphatic heterocycles. The van der Waals surface area contributed by atoms with Gasteiger partial charge in [0.15, 0.2) is 0 Å². The van der Waals surface area contributed by atoms with Gasteiger partial charge < -0.3 is 19.3 Å². The Kier molecular flexibility index (Phi) is 7.40. The van der Waals surface area contributed by atoms with Gasteiger partial charge in [-0.2, -0.15) is 15.2 Å². The van der Waals surface area contributed by atoms with E-state index in [0.29, 0.717) is 47.5 Å². The highest BCUT2D eigenvalue weighted by atomic mass is 79.9. The normalized spacial score (nSPS) is 27.0. The van der Waals surface area contributed by atoms with Crippen LogP contribution in [0.25, 0.3) is 10.9 Å². The van der Waals surface area contributed by atoms with Crippen LogP contribution in [0.1, 0.15) is 58.9 Å². The summed E-state index contributed by atoms with van der Waals surface area (Å²) >= 11 is 3.48. The number of amides is 1. The molecular formula is C28H36BrFN6O3. The number of likely N-dealkylation sites (N-methyl/N-ethyl adjacent to an activating group) is 1. The predicted octanol–water partition coefficient (Wildman–Crippen LogP) is 5.05. The van der Waals surface area contributed by atoms with Crippen molar-refractivity contribution in [2.24, 2.45) is 0 Å². The van der Waals surface area contributed by atoms with Crippen LogP contribution in [-0.2, 0) is 4.74 Å². The van der Waals surface area contributed by atoms with Gasteiger partial charge in [-0.15, -0.1) is 0 Å². The quantitative estimate of drug-likeness (QED) is 0.469. The summed E-state index contributed by atoms with van der Waals surface area (Å²) in [5.74, 6) is 0.623. The number of fused-ring (bicyclic) bond motifs is 2. The summed E-state index contributed by atoms with van der Waals surface area (Å²) < 4.78 is 26.8. The minimum atomic E-state index is -0.856. The van der Waals surface area contributed by atoms with Crippen LogP contribution in [0.15, 0.2) is 16.6 Å². The summed E-state index contributed by atoms with van der Waals surface area (Å²) in [6.45, 7) is 9.76. The fourth-order valence-electron chi connectivity index (χ4n) is 6.40. The number of ether oxygens (including phenoxy) is 2. The van der Waals surface area contributed by atoms with E-state index in [1.165, 1.54) is 0 Å². The van der Waals surface area contributed by atoms with Crippen molar-refractivity contribution < 1.29 is 18.7 Å². The van der Waals surface area contributed by atoms with Gasteiger partial charge in [0.2, 0.25) is 0 Å². The molecule has 3 fully saturated rings. The Morgan fingerprint density at radius 1 is 1.33 bits per heavy atom. The molecule has 2 aromatic rings. The van der Waals surface area contributed by atoms with Crippen molar-refractivity contribution in [1.82, 2.24) is 19.8 Å². The van der Waals surface area contributed by atoms with Crippen molar-refractivity contribution in [3.63, 3.8) is 0 Å². The first kappa shape index (κ1) is 27.8. The van der Waals surface area contributed by atoms with Gasteiger partial charge >= 0.3 is 12.1 Å². The van der Waals surface area contributed by atoms with Crippen molar-refractivity contribution in [2.75, 3.05) is 38.2 Å². The van der Waals surface area contributed by atoms with Crippen LogP contribution in [0, 0.1) is 11.3 Å². The molecule has 0 aliphatic carbocycles. The smallest absolute Gasteiger partial charge is 0.410 e. The van der Waals surface area contributed by atoms with Gasteiger partial charge in [0.1, 0.15) is 30.3 Å². The third-order valence-corrected chi connectivity index (χ3v) is 8.95. The number of alkyl halides is 1. The van der Waals surface area contributed by atoms with E-state index < -0.39 is 11.8 Å². The highest BCUT2D eigenvalue weighted by molar-refractivity contribution is 9.10. The van der Waals surface area contributed by atoms with Crippen LogP contribution in [0.4, 0.5) is 15.0 Å². The minimum Gasteiger partial charge on any atom is -0.461 e.